The lowest BCUT2D eigenvalue weighted by molar-refractivity contribution is -0.181. The van der Waals surface area contributed by atoms with E-state index in [1.54, 1.807) is 74.4 Å². The van der Waals surface area contributed by atoms with Crippen LogP contribution in [0, 0.1) is 29.6 Å². The topological polar surface area (TPSA) is 140 Å². The molecule has 1 aliphatic heterocycles. The van der Waals surface area contributed by atoms with E-state index in [1.807, 2.05) is 25.1 Å². The van der Waals surface area contributed by atoms with E-state index in [2.05, 4.69) is 0 Å². The van der Waals surface area contributed by atoms with Crippen LogP contribution in [0.15, 0.2) is 30.3 Å². The minimum absolute atomic E-state index is 0.0549. The number of hydrogen-bond acceptors (Lipinski definition) is 9. The first-order valence-electron chi connectivity index (χ1n) is 17.7. The lowest BCUT2D eigenvalue weighted by Gasteiger charge is -2.38. The molecule has 1 heterocycles. The molecule has 7 atom stereocenters. The van der Waals surface area contributed by atoms with Crippen LogP contribution in [0.25, 0.3) is 0 Å². The lowest BCUT2D eigenvalue weighted by Crippen LogP contribution is -2.57. The van der Waals surface area contributed by atoms with Crippen LogP contribution in [0.1, 0.15) is 81.2 Å². The van der Waals surface area contributed by atoms with Gasteiger partial charge in [0, 0.05) is 33.5 Å². The van der Waals surface area contributed by atoms with Gasteiger partial charge in [-0.3, -0.25) is 14.4 Å². The van der Waals surface area contributed by atoms with Gasteiger partial charge in [0.2, 0.25) is 0 Å². The van der Waals surface area contributed by atoms with E-state index in [0.29, 0.717) is 6.42 Å². The molecular formula is C38H59N3O9. The van der Waals surface area contributed by atoms with E-state index in [0.717, 1.165) is 5.56 Å². The number of rotatable bonds is 8. The zero-order chi connectivity index (χ0) is 38.2. The van der Waals surface area contributed by atoms with Crippen LogP contribution in [-0.4, -0.2) is 108 Å². The van der Waals surface area contributed by atoms with Crippen LogP contribution in [0.3, 0.4) is 0 Å². The average Bonchev–Trinajstić information content (AvgIpc) is 3.05. The van der Waals surface area contributed by atoms with Gasteiger partial charge in [-0.05, 0) is 35.7 Å². The summed E-state index contributed by atoms with van der Waals surface area (Å²) in [6.07, 6.45) is -3.38. The van der Waals surface area contributed by atoms with Crippen molar-refractivity contribution >= 4 is 35.6 Å². The Labute approximate surface area is 298 Å². The zero-order valence-electron chi connectivity index (χ0n) is 32.2. The molecule has 3 amide bonds. The normalized spacial score (nSPS) is 26.3. The smallest absolute Gasteiger partial charge is 0.329 e. The third kappa shape index (κ3) is 10.1. The molecular weight excluding hydrogens is 642 g/mol. The van der Waals surface area contributed by atoms with Gasteiger partial charge in [-0.2, -0.15) is 0 Å². The van der Waals surface area contributed by atoms with E-state index < -0.39 is 102 Å². The summed E-state index contributed by atoms with van der Waals surface area (Å²) in [5.41, 5.74) is 0.734. The summed E-state index contributed by atoms with van der Waals surface area (Å²) < 4.78 is 17.8. The molecule has 0 spiro atoms. The number of carbonyl (C=O) groups excluding carboxylic acids is 6. The highest BCUT2D eigenvalue weighted by Gasteiger charge is 2.45. The van der Waals surface area contributed by atoms with Crippen molar-refractivity contribution in [2.75, 3.05) is 21.1 Å². The van der Waals surface area contributed by atoms with Crippen molar-refractivity contribution in [1.82, 2.24) is 14.7 Å². The molecule has 0 radical (unpaired) electrons. The van der Waals surface area contributed by atoms with E-state index in [1.165, 1.54) is 35.8 Å². The minimum Gasteiger partial charge on any atom is -0.450 e. The molecule has 0 N–H and O–H groups in total. The number of nitrogens with zero attached hydrogens (tertiary/aromatic N) is 3. The minimum atomic E-state index is -1.31. The Morgan fingerprint density at radius 3 is 1.32 bits per heavy atom. The third-order valence-electron chi connectivity index (χ3n) is 9.47. The lowest BCUT2D eigenvalue weighted by atomic mass is 9.96. The molecule has 50 heavy (non-hydrogen) atoms. The molecule has 1 fully saturated rings. The van der Waals surface area contributed by atoms with Crippen molar-refractivity contribution < 1.29 is 43.0 Å². The maximum absolute atomic E-state index is 14.2. The number of cyclic esters (lactones) is 3. The zero-order valence-corrected chi connectivity index (χ0v) is 32.2. The van der Waals surface area contributed by atoms with Gasteiger partial charge in [-0.25, -0.2) is 14.4 Å². The van der Waals surface area contributed by atoms with Gasteiger partial charge in [-0.1, -0.05) is 99.6 Å². The molecule has 1 aromatic carbocycles. The van der Waals surface area contributed by atoms with Crippen molar-refractivity contribution in [3.63, 3.8) is 0 Å². The molecule has 0 saturated carbocycles. The summed E-state index contributed by atoms with van der Waals surface area (Å²) in [7, 11) is 4.33. The second-order valence-electron chi connectivity index (χ2n) is 14.9. The number of benzene rings is 1. The highest BCUT2D eigenvalue weighted by atomic mass is 16.6. The standard InChI is InChI=1S/C38H59N3O9/c1-14-25(10)32-35(44)41(13)28(21(2)3)37(46)49-30(23(6)7)33(42)39(11)27(20-26-18-16-15-17-19-26)36(45)48-31(24(8)9)34(43)40(12)29(22(4)5)38(47)50-32/h15-19,21-25,27-32H,14,20H2,1-13H3/t25-,27-,28-,29-,30+,31+,32+/m0/s1. The molecule has 2 rings (SSSR count). The summed E-state index contributed by atoms with van der Waals surface area (Å²) in [5.74, 6) is -6.67. The first-order valence-corrected chi connectivity index (χ1v) is 17.7. The Hall–Kier alpha value is -3.96. The molecule has 0 unspecified atom stereocenters. The molecule has 1 aliphatic rings. The summed E-state index contributed by atoms with van der Waals surface area (Å²) in [6.45, 7) is 17.5. The SMILES string of the molecule is CC[C@H](C)[C@H]1OC(=O)[C@H](C(C)C)N(C)C(=O)[C@@H](C(C)C)OC(=O)[C@H](Cc2ccccc2)N(C)C(=O)[C@@H](C(C)C)OC(=O)[C@H](C(C)C)N(C)C1=O. The Morgan fingerprint density at radius 1 is 0.540 bits per heavy atom. The van der Waals surface area contributed by atoms with Crippen molar-refractivity contribution in [1.29, 1.82) is 0 Å². The van der Waals surface area contributed by atoms with Crippen LogP contribution in [-0.2, 0) is 49.4 Å². The molecule has 280 valence electrons. The van der Waals surface area contributed by atoms with Gasteiger partial charge in [0.15, 0.2) is 18.3 Å². The molecule has 0 aliphatic carbocycles. The van der Waals surface area contributed by atoms with Crippen LogP contribution >= 0.6 is 0 Å². The van der Waals surface area contributed by atoms with Crippen LogP contribution in [0.4, 0.5) is 0 Å². The van der Waals surface area contributed by atoms with Crippen molar-refractivity contribution in [3.05, 3.63) is 35.9 Å². The number of hydrogen-bond donors (Lipinski definition) is 0. The van der Waals surface area contributed by atoms with E-state index in [-0.39, 0.29) is 6.42 Å². The molecule has 0 aromatic heterocycles. The predicted octanol–water partition coefficient (Wildman–Crippen LogP) is 4.13. The highest BCUT2D eigenvalue weighted by Crippen LogP contribution is 2.25. The molecule has 12 nitrogen and oxygen atoms in total. The van der Waals surface area contributed by atoms with Gasteiger partial charge < -0.3 is 28.9 Å². The highest BCUT2D eigenvalue weighted by molar-refractivity contribution is 5.94. The Kier molecular flexibility index (Phi) is 15.5. The second kappa shape index (κ2) is 18.3. The number of likely N-dealkylation sites (N-methyl/N-ethyl adjacent to an activating group) is 3. The van der Waals surface area contributed by atoms with Gasteiger partial charge in [0.25, 0.3) is 17.7 Å². The molecule has 0 bridgehead atoms. The van der Waals surface area contributed by atoms with E-state index >= 15 is 0 Å². The summed E-state index contributed by atoms with van der Waals surface area (Å²) in [5, 5.41) is 0. The summed E-state index contributed by atoms with van der Waals surface area (Å²) in [6, 6.07) is 5.59. The number of esters is 3. The second-order valence-corrected chi connectivity index (χ2v) is 14.9. The third-order valence-corrected chi connectivity index (χ3v) is 9.47. The predicted molar refractivity (Wildman–Crippen MR) is 188 cm³/mol. The van der Waals surface area contributed by atoms with E-state index in [4.69, 9.17) is 14.2 Å². The average molecular weight is 702 g/mol. The number of amides is 3. The first-order chi connectivity index (χ1) is 23.3. The fourth-order valence-corrected chi connectivity index (χ4v) is 6.16. The van der Waals surface area contributed by atoms with Gasteiger partial charge in [0.05, 0.1) is 0 Å². The molecule has 1 saturated heterocycles. The Bertz CT molecular complexity index is 1330. The largest absolute Gasteiger partial charge is 0.450 e. The summed E-state index contributed by atoms with van der Waals surface area (Å²) >= 11 is 0. The fraction of sp³-hybridized carbons (Fsp3) is 0.684. The van der Waals surface area contributed by atoms with Gasteiger partial charge in [0.1, 0.15) is 18.1 Å². The monoisotopic (exact) mass is 701 g/mol. The van der Waals surface area contributed by atoms with Crippen molar-refractivity contribution in [2.24, 2.45) is 29.6 Å². The Morgan fingerprint density at radius 2 is 0.920 bits per heavy atom. The van der Waals surface area contributed by atoms with Gasteiger partial charge >= 0.3 is 17.9 Å². The fourth-order valence-electron chi connectivity index (χ4n) is 6.16. The van der Waals surface area contributed by atoms with Crippen LogP contribution in [0.2, 0.25) is 0 Å². The first kappa shape index (κ1) is 42.2. The number of carbonyl (C=O) groups is 6. The van der Waals surface area contributed by atoms with E-state index in [9.17, 15) is 28.8 Å². The molecule has 12 heteroatoms. The number of ether oxygens (including phenoxy) is 3. The quantitative estimate of drug-likeness (QED) is 0.289. The maximum atomic E-state index is 14.2. The molecule has 1 aromatic rings. The Balaban J connectivity index is 2.82. The van der Waals surface area contributed by atoms with Crippen LogP contribution in [0.5, 0.6) is 0 Å². The van der Waals surface area contributed by atoms with Gasteiger partial charge in [-0.15, -0.1) is 0 Å². The maximum Gasteiger partial charge on any atom is 0.329 e. The summed E-state index contributed by atoms with van der Waals surface area (Å²) in [4.78, 5) is 88.0. The van der Waals surface area contributed by atoms with Crippen molar-refractivity contribution in [2.45, 2.75) is 119 Å². The van der Waals surface area contributed by atoms with Crippen LogP contribution < -0.4 is 0 Å². The van der Waals surface area contributed by atoms with Crippen molar-refractivity contribution in [3.8, 4) is 0 Å².